The van der Waals surface area contributed by atoms with Crippen molar-refractivity contribution in [3.8, 4) is 10.8 Å². The van der Waals surface area contributed by atoms with E-state index in [1.165, 1.54) is 28.6 Å². The molecule has 4 rings (SSSR count). The first-order chi connectivity index (χ1) is 13.6. The van der Waals surface area contributed by atoms with Gasteiger partial charge in [0.25, 0.3) is 11.1 Å². The quantitative estimate of drug-likeness (QED) is 0.550. The van der Waals surface area contributed by atoms with Crippen LogP contribution in [0.25, 0.3) is 10.8 Å². The van der Waals surface area contributed by atoms with Crippen LogP contribution in [-0.2, 0) is 24.2 Å². The van der Waals surface area contributed by atoms with Crippen molar-refractivity contribution in [1.29, 1.82) is 0 Å². The van der Waals surface area contributed by atoms with Crippen LogP contribution in [-0.4, -0.2) is 33.8 Å². The Kier molecular flexibility index (Phi) is 5.82. The molecule has 0 bridgehead atoms. The molecule has 0 aliphatic heterocycles. The Balaban J connectivity index is 1.34. The van der Waals surface area contributed by atoms with Crippen molar-refractivity contribution in [2.45, 2.75) is 38.0 Å². The van der Waals surface area contributed by atoms with E-state index in [1.807, 2.05) is 37.4 Å². The van der Waals surface area contributed by atoms with Crippen LogP contribution in [0.2, 0.25) is 0 Å². The molecule has 5 nitrogen and oxygen atoms in total. The molecule has 0 N–H and O–H groups in total. The maximum Gasteiger partial charge on any atom is 0.277 e. The van der Waals surface area contributed by atoms with Crippen molar-refractivity contribution in [1.82, 2.24) is 15.1 Å². The van der Waals surface area contributed by atoms with E-state index in [1.54, 1.807) is 16.2 Å². The van der Waals surface area contributed by atoms with Gasteiger partial charge in [0.1, 0.15) is 0 Å². The molecule has 7 heteroatoms. The molecule has 1 aliphatic carbocycles. The highest BCUT2D eigenvalue weighted by Crippen LogP contribution is 2.37. The number of thioether (sulfide) groups is 1. The Bertz CT molecular complexity index is 952. The second-order valence-electron chi connectivity index (χ2n) is 7.30. The van der Waals surface area contributed by atoms with Gasteiger partial charge in [0.2, 0.25) is 5.91 Å². The van der Waals surface area contributed by atoms with Crippen LogP contribution >= 0.6 is 23.1 Å². The molecule has 0 fully saturated rings. The van der Waals surface area contributed by atoms with Crippen molar-refractivity contribution >= 4 is 29.0 Å². The Morgan fingerprint density at radius 2 is 2.14 bits per heavy atom. The van der Waals surface area contributed by atoms with E-state index in [0.717, 1.165) is 29.2 Å². The third-order valence-corrected chi connectivity index (χ3v) is 6.98. The highest BCUT2D eigenvalue weighted by atomic mass is 32.2. The van der Waals surface area contributed by atoms with Crippen molar-refractivity contribution in [3.63, 3.8) is 0 Å². The monoisotopic (exact) mass is 413 g/mol. The van der Waals surface area contributed by atoms with E-state index in [2.05, 4.69) is 23.2 Å². The normalized spacial score (nSPS) is 16.0. The van der Waals surface area contributed by atoms with Crippen molar-refractivity contribution in [2.24, 2.45) is 5.92 Å². The lowest BCUT2D eigenvalue weighted by Gasteiger charge is -2.16. The first kappa shape index (κ1) is 19.2. The largest absolute Gasteiger partial charge is 0.410 e. The molecule has 1 amide bonds. The van der Waals surface area contributed by atoms with Crippen molar-refractivity contribution in [3.05, 3.63) is 52.4 Å². The molecule has 0 saturated carbocycles. The molecule has 1 atom stereocenters. The van der Waals surface area contributed by atoms with E-state index in [4.69, 9.17) is 4.42 Å². The molecule has 2 aromatic heterocycles. The first-order valence-electron chi connectivity index (χ1n) is 9.44. The lowest BCUT2D eigenvalue weighted by Crippen LogP contribution is -2.27. The molecule has 3 aromatic rings. The highest BCUT2D eigenvalue weighted by Gasteiger charge is 2.21. The number of thiophene rings is 1. The second kappa shape index (κ2) is 8.49. The molecule has 0 radical (unpaired) electrons. The predicted octanol–water partition coefficient (Wildman–Crippen LogP) is 4.67. The molecule has 0 saturated heterocycles. The molecule has 2 heterocycles. The molecule has 0 unspecified atom stereocenters. The molecular weight excluding hydrogens is 390 g/mol. The zero-order chi connectivity index (χ0) is 19.5. The average Bonchev–Trinajstić information content (AvgIpc) is 3.33. The fourth-order valence-corrected chi connectivity index (χ4v) is 5.19. The number of rotatable bonds is 6. The molecule has 28 heavy (non-hydrogen) atoms. The minimum atomic E-state index is 0.0363. The Labute approximate surface area is 173 Å². The summed E-state index contributed by atoms with van der Waals surface area (Å²) >= 11 is 3.04. The van der Waals surface area contributed by atoms with Gasteiger partial charge in [-0.05, 0) is 42.4 Å². The summed E-state index contributed by atoms with van der Waals surface area (Å²) in [6.07, 6.45) is 3.51. The summed E-state index contributed by atoms with van der Waals surface area (Å²) in [5.41, 5.74) is 2.53. The van der Waals surface area contributed by atoms with Gasteiger partial charge in [-0.25, -0.2) is 0 Å². The minimum absolute atomic E-state index is 0.0363. The molecule has 146 valence electrons. The van der Waals surface area contributed by atoms with Gasteiger partial charge in [-0.3, -0.25) is 4.79 Å². The molecular formula is C21H23N3O2S2. The van der Waals surface area contributed by atoms with Gasteiger partial charge in [0.15, 0.2) is 0 Å². The van der Waals surface area contributed by atoms with E-state index < -0.39 is 0 Å². The van der Waals surface area contributed by atoms with E-state index >= 15 is 0 Å². The maximum absolute atomic E-state index is 12.4. The number of nitrogens with zero attached hydrogens (tertiary/aromatic N) is 3. The second-order valence-corrected chi connectivity index (χ2v) is 9.37. The maximum atomic E-state index is 12.4. The summed E-state index contributed by atoms with van der Waals surface area (Å²) in [7, 11) is 1.81. The fourth-order valence-electron chi connectivity index (χ4n) is 3.36. The molecule has 1 aromatic carbocycles. The van der Waals surface area contributed by atoms with Crippen LogP contribution in [0.3, 0.4) is 0 Å². The average molecular weight is 414 g/mol. The standard InChI is InChI=1S/C21H23N3O2S2/c1-14-8-9-17-16(10-14)11-18(28-17)20-22-23-21(26-20)27-13-19(25)24(2)12-15-6-4-3-5-7-15/h3-7,11,14H,8-10,12-13H2,1-2H3/t14-/m1/s1. The summed E-state index contributed by atoms with van der Waals surface area (Å²) in [5.74, 6) is 1.61. The lowest BCUT2D eigenvalue weighted by molar-refractivity contribution is -0.127. The van der Waals surface area contributed by atoms with Gasteiger partial charge < -0.3 is 9.32 Å². The summed E-state index contributed by atoms with van der Waals surface area (Å²) in [6.45, 7) is 2.89. The van der Waals surface area contributed by atoms with Gasteiger partial charge in [-0.1, -0.05) is 49.0 Å². The Morgan fingerprint density at radius 3 is 2.96 bits per heavy atom. The zero-order valence-electron chi connectivity index (χ0n) is 16.1. The summed E-state index contributed by atoms with van der Waals surface area (Å²) in [4.78, 5) is 16.6. The number of carbonyl (C=O) groups is 1. The van der Waals surface area contributed by atoms with Crippen molar-refractivity contribution in [2.75, 3.05) is 12.8 Å². The summed E-state index contributed by atoms with van der Waals surface area (Å²) in [6, 6.07) is 12.2. The van der Waals surface area contributed by atoms with Crippen LogP contribution in [0.15, 0.2) is 46.0 Å². The van der Waals surface area contributed by atoms with Crippen LogP contribution in [0.4, 0.5) is 0 Å². The van der Waals surface area contributed by atoms with Crippen LogP contribution in [0.5, 0.6) is 0 Å². The van der Waals surface area contributed by atoms with Gasteiger partial charge in [-0.15, -0.1) is 21.5 Å². The van der Waals surface area contributed by atoms with Gasteiger partial charge in [0, 0.05) is 18.5 Å². The minimum Gasteiger partial charge on any atom is -0.410 e. The smallest absolute Gasteiger partial charge is 0.277 e. The Morgan fingerprint density at radius 1 is 1.32 bits per heavy atom. The summed E-state index contributed by atoms with van der Waals surface area (Å²) < 4.78 is 5.80. The Hall–Kier alpha value is -2.12. The van der Waals surface area contributed by atoms with Gasteiger partial charge >= 0.3 is 0 Å². The highest BCUT2D eigenvalue weighted by molar-refractivity contribution is 7.99. The number of aryl methyl sites for hydroxylation is 1. The number of hydrogen-bond donors (Lipinski definition) is 0. The number of amides is 1. The zero-order valence-corrected chi connectivity index (χ0v) is 17.7. The van der Waals surface area contributed by atoms with E-state index in [-0.39, 0.29) is 11.7 Å². The predicted molar refractivity (Wildman–Crippen MR) is 112 cm³/mol. The molecule has 0 spiro atoms. The fraction of sp³-hybridized carbons (Fsp3) is 0.381. The van der Waals surface area contributed by atoms with Crippen LogP contribution < -0.4 is 0 Å². The lowest BCUT2D eigenvalue weighted by atomic mass is 9.90. The first-order valence-corrected chi connectivity index (χ1v) is 11.2. The van der Waals surface area contributed by atoms with Gasteiger partial charge in [-0.2, -0.15) is 0 Å². The van der Waals surface area contributed by atoms with Crippen LogP contribution in [0.1, 0.15) is 29.3 Å². The number of carbonyl (C=O) groups excluding carboxylic acids is 1. The summed E-state index contributed by atoms with van der Waals surface area (Å²) in [5, 5.41) is 8.74. The third-order valence-electron chi connectivity index (χ3n) is 4.95. The van der Waals surface area contributed by atoms with E-state index in [0.29, 0.717) is 17.7 Å². The van der Waals surface area contributed by atoms with Crippen LogP contribution in [0, 0.1) is 5.92 Å². The van der Waals surface area contributed by atoms with Crippen molar-refractivity contribution < 1.29 is 9.21 Å². The van der Waals surface area contributed by atoms with Gasteiger partial charge in [0.05, 0.1) is 10.6 Å². The number of hydrogen-bond acceptors (Lipinski definition) is 6. The topological polar surface area (TPSA) is 59.2 Å². The molecule has 1 aliphatic rings. The SMILES string of the molecule is C[C@@H]1CCc2sc(-c3nnc(SCC(=O)N(C)Cc4ccccc4)o3)cc2C1. The van der Waals surface area contributed by atoms with E-state index in [9.17, 15) is 4.79 Å². The third kappa shape index (κ3) is 4.47. The number of fused-ring (bicyclic) bond motifs is 1. The number of benzene rings is 1. The number of aromatic nitrogens is 2.